The number of fused-ring (bicyclic) bond motifs is 1. The summed E-state index contributed by atoms with van der Waals surface area (Å²) in [5, 5.41) is 14.0. The molecule has 2 aromatic carbocycles. The third-order valence-corrected chi connectivity index (χ3v) is 7.65. The number of carbonyl (C=O) groups excluding carboxylic acids is 1. The molecule has 3 heterocycles. The number of para-hydroxylation sites is 1. The number of amides is 1. The van der Waals surface area contributed by atoms with Gasteiger partial charge in [0.2, 0.25) is 0 Å². The first-order valence-electron chi connectivity index (χ1n) is 12.8. The topological polar surface area (TPSA) is 82.7 Å². The maximum atomic E-state index is 12.8. The van der Waals surface area contributed by atoms with Gasteiger partial charge in [-0.15, -0.1) is 11.3 Å². The molecule has 2 aromatic heterocycles. The predicted octanol–water partition coefficient (Wildman–Crippen LogP) is 5.48. The number of benzene rings is 2. The molecule has 0 spiro atoms. The van der Waals surface area contributed by atoms with Crippen LogP contribution in [0.2, 0.25) is 0 Å². The van der Waals surface area contributed by atoms with Crippen LogP contribution in [-0.4, -0.2) is 72.5 Å². The largest absolute Gasteiger partial charge is 0.417 e. The monoisotopic (exact) mass is 531 g/mol. The van der Waals surface area contributed by atoms with Gasteiger partial charge in [0.1, 0.15) is 0 Å². The lowest BCUT2D eigenvalue weighted by atomic mass is 10.1. The number of anilines is 1. The number of ether oxygens (including phenoxy) is 2. The number of aromatic amines is 1. The Morgan fingerprint density at radius 2 is 1.92 bits per heavy atom. The Kier molecular flexibility index (Phi) is 8.50. The van der Waals surface area contributed by atoms with Crippen LogP contribution in [0.3, 0.4) is 0 Å². The van der Waals surface area contributed by atoms with E-state index in [9.17, 15) is 4.79 Å². The number of methoxy groups -OCH3 is 1. The van der Waals surface area contributed by atoms with Crippen LogP contribution in [0, 0.1) is 6.92 Å². The molecule has 5 rings (SSSR count). The summed E-state index contributed by atoms with van der Waals surface area (Å²) >= 11 is 1.41. The van der Waals surface area contributed by atoms with Gasteiger partial charge in [0.25, 0.3) is 0 Å². The van der Waals surface area contributed by atoms with Crippen molar-refractivity contribution in [3.63, 3.8) is 0 Å². The summed E-state index contributed by atoms with van der Waals surface area (Å²) in [5.41, 5.74) is 5.49. The highest BCUT2D eigenvalue weighted by atomic mass is 32.1. The Bertz CT molecular complexity index is 1400. The maximum Gasteiger partial charge on any atom is 0.417 e. The van der Waals surface area contributed by atoms with Crippen LogP contribution < -0.4 is 10.1 Å². The Morgan fingerprint density at radius 3 is 2.71 bits per heavy atom. The summed E-state index contributed by atoms with van der Waals surface area (Å²) in [7, 11) is 1.75. The zero-order chi connectivity index (χ0) is 26.3. The molecule has 0 unspecified atom stereocenters. The normalized spacial score (nSPS) is 14.9. The Hall–Kier alpha value is -3.50. The molecule has 4 aromatic rings. The van der Waals surface area contributed by atoms with Crippen molar-refractivity contribution in [3.8, 4) is 5.06 Å². The minimum Gasteiger partial charge on any atom is -0.399 e. The first kappa shape index (κ1) is 26.1. The second-order valence-electron chi connectivity index (χ2n) is 9.43. The summed E-state index contributed by atoms with van der Waals surface area (Å²) in [6, 6.07) is 16.2. The highest BCUT2D eigenvalue weighted by Gasteiger charge is 2.18. The zero-order valence-electron chi connectivity index (χ0n) is 21.8. The molecule has 9 heteroatoms. The number of hydrogen-bond acceptors (Lipinski definition) is 7. The number of rotatable bonds is 9. The fraction of sp³-hybridized carbons (Fsp3) is 0.310. The molecule has 1 amide bonds. The molecule has 2 N–H and O–H groups in total. The van der Waals surface area contributed by atoms with E-state index < -0.39 is 6.09 Å². The van der Waals surface area contributed by atoms with Crippen molar-refractivity contribution in [2.45, 2.75) is 13.5 Å². The quantitative estimate of drug-likeness (QED) is 0.298. The van der Waals surface area contributed by atoms with E-state index in [2.05, 4.69) is 31.4 Å². The van der Waals surface area contributed by atoms with Crippen molar-refractivity contribution < 1.29 is 14.3 Å². The first-order chi connectivity index (χ1) is 18.6. The van der Waals surface area contributed by atoms with Crippen molar-refractivity contribution in [1.29, 1.82) is 0 Å². The minimum absolute atomic E-state index is 0.501. The van der Waals surface area contributed by atoms with Gasteiger partial charge in [0.15, 0.2) is 5.06 Å². The van der Waals surface area contributed by atoms with E-state index in [1.165, 1.54) is 11.3 Å². The van der Waals surface area contributed by atoms with Gasteiger partial charge in [-0.05, 0) is 47.7 Å². The molecule has 38 heavy (non-hydrogen) atoms. The average Bonchev–Trinajstić information content (AvgIpc) is 3.53. The highest BCUT2D eigenvalue weighted by molar-refractivity contribution is 7.12. The van der Waals surface area contributed by atoms with Gasteiger partial charge in [0.05, 0.1) is 23.5 Å². The lowest BCUT2D eigenvalue weighted by Crippen LogP contribution is -2.46. The van der Waals surface area contributed by atoms with Gasteiger partial charge < -0.3 is 9.47 Å². The number of piperazine rings is 1. The lowest BCUT2D eigenvalue weighted by Gasteiger charge is -2.34. The predicted molar refractivity (Wildman–Crippen MR) is 154 cm³/mol. The summed E-state index contributed by atoms with van der Waals surface area (Å²) in [6.45, 7) is 8.53. The van der Waals surface area contributed by atoms with Gasteiger partial charge in [-0.2, -0.15) is 5.10 Å². The highest BCUT2D eigenvalue weighted by Crippen LogP contribution is 2.27. The van der Waals surface area contributed by atoms with Crippen molar-refractivity contribution in [2.75, 3.05) is 51.8 Å². The van der Waals surface area contributed by atoms with Gasteiger partial charge in [-0.25, -0.2) is 4.79 Å². The average molecular weight is 532 g/mol. The molecule has 0 saturated carbocycles. The molecule has 0 radical (unpaired) electrons. The van der Waals surface area contributed by atoms with Crippen LogP contribution in [0.15, 0.2) is 53.9 Å². The molecule has 0 aliphatic carbocycles. The minimum atomic E-state index is -0.501. The van der Waals surface area contributed by atoms with Crippen LogP contribution in [-0.2, 0) is 11.3 Å². The van der Waals surface area contributed by atoms with Crippen molar-refractivity contribution in [3.05, 3.63) is 76.3 Å². The fourth-order valence-electron chi connectivity index (χ4n) is 4.57. The van der Waals surface area contributed by atoms with Crippen LogP contribution in [0.5, 0.6) is 5.06 Å². The van der Waals surface area contributed by atoms with E-state index in [0.29, 0.717) is 10.8 Å². The Balaban J connectivity index is 1.33. The molecule has 0 bridgehead atoms. The number of carbonyl (C=O) groups is 1. The van der Waals surface area contributed by atoms with E-state index in [-0.39, 0.29) is 0 Å². The van der Waals surface area contributed by atoms with Crippen LogP contribution in [0.25, 0.3) is 23.1 Å². The molecule has 8 nitrogen and oxygen atoms in total. The second-order valence-corrected chi connectivity index (χ2v) is 10.3. The third kappa shape index (κ3) is 6.49. The molecular formula is C29H33N5O3S. The van der Waals surface area contributed by atoms with E-state index in [4.69, 9.17) is 9.47 Å². The van der Waals surface area contributed by atoms with E-state index in [1.54, 1.807) is 7.11 Å². The Morgan fingerprint density at radius 1 is 1.11 bits per heavy atom. The molecule has 1 aliphatic heterocycles. The number of nitrogens with zero attached hydrogens (tertiary/aromatic N) is 3. The van der Waals surface area contributed by atoms with Crippen LogP contribution in [0.4, 0.5) is 10.5 Å². The standard InChI is InChI=1S/C29H33N5O3S/c1-21-11-18-38-28(21)37-29(35)30-27-19-22(20-34-14-12-33(13-15-34)16-17-36-2)7-8-23(27)9-10-26-24-5-3-4-6-25(24)31-32-26/h3-11,18-19H,12-17,20H2,1-2H3,(H,30,35)(H,31,32)/b10-9+. The van der Waals surface area contributed by atoms with Gasteiger partial charge >= 0.3 is 6.09 Å². The molecular weight excluding hydrogens is 498 g/mol. The van der Waals surface area contributed by atoms with E-state index in [0.717, 1.165) is 79.2 Å². The van der Waals surface area contributed by atoms with Crippen LogP contribution >= 0.6 is 11.3 Å². The van der Waals surface area contributed by atoms with E-state index in [1.807, 2.05) is 66.9 Å². The van der Waals surface area contributed by atoms with Gasteiger partial charge in [-0.1, -0.05) is 36.4 Å². The second kappa shape index (κ2) is 12.4. The lowest BCUT2D eigenvalue weighted by molar-refractivity contribution is 0.0938. The maximum absolute atomic E-state index is 12.8. The third-order valence-electron chi connectivity index (χ3n) is 6.76. The van der Waals surface area contributed by atoms with E-state index >= 15 is 0 Å². The fourth-order valence-corrected chi connectivity index (χ4v) is 5.34. The van der Waals surface area contributed by atoms with Crippen molar-refractivity contribution >= 4 is 46.2 Å². The first-order valence-corrected chi connectivity index (χ1v) is 13.7. The molecule has 1 fully saturated rings. The summed E-state index contributed by atoms with van der Waals surface area (Å²) in [6.07, 6.45) is 3.44. The number of thiophene rings is 1. The Labute approximate surface area is 226 Å². The van der Waals surface area contributed by atoms with Crippen molar-refractivity contribution in [1.82, 2.24) is 20.0 Å². The molecule has 1 saturated heterocycles. The molecule has 1 aliphatic rings. The number of aryl methyl sites for hydroxylation is 1. The molecule has 0 atom stereocenters. The number of aromatic nitrogens is 2. The van der Waals surface area contributed by atoms with Crippen molar-refractivity contribution in [2.24, 2.45) is 0 Å². The van der Waals surface area contributed by atoms with Gasteiger partial charge in [0, 0.05) is 57.3 Å². The van der Waals surface area contributed by atoms with Gasteiger partial charge in [-0.3, -0.25) is 20.2 Å². The SMILES string of the molecule is COCCN1CCN(Cc2ccc(/C=C/c3n[nH]c4ccccc34)c(NC(=O)Oc3sccc3C)c2)CC1. The summed E-state index contributed by atoms with van der Waals surface area (Å²) in [5.74, 6) is 0. The van der Waals surface area contributed by atoms with Crippen LogP contribution in [0.1, 0.15) is 22.4 Å². The molecule has 198 valence electrons. The zero-order valence-corrected chi connectivity index (χ0v) is 22.6. The smallest absolute Gasteiger partial charge is 0.399 e. The number of nitrogens with one attached hydrogen (secondary N) is 2. The summed E-state index contributed by atoms with van der Waals surface area (Å²) in [4.78, 5) is 17.7. The summed E-state index contributed by atoms with van der Waals surface area (Å²) < 4.78 is 10.8. The number of hydrogen-bond donors (Lipinski definition) is 2. The number of H-pyrrole nitrogens is 1.